The molecular weight excluding hydrogens is 270 g/mol. The van der Waals surface area contributed by atoms with E-state index in [1.165, 1.54) is 16.7 Å². The summed E-state index contributed by atoms with van der Waals surface area (Å²) in [4.78, 5) is 12.2. The Labute approximate surface area is 133 Å². The molecule has 0 saturated carbocycles. The van der Waals surface area contributed by atoms with E-state index in [2.05, 4.69) is 62.5 Å². The maximum atomic E-state index is 12.2. The van der Waals surface area contributed by atoms with E-state index in [0.29, 0.717) is 6.42 Å². The Morgan fingerprint density at radius 2 is 1.77 bits per heavy atom. The largest absolute Gasteiger partial charge is 0.349 e. The summed E-state index contributed by atoms with van der Waals surface area (Å²) in [7, 11) is 0. The van der Waals surface area contributed by atoms with Gasteiger partial charge < -0.3 is 5.32 Å². The highest BCUT2D eigenvalue weighted by molar-refractivity contribution is 5.79. The highest BCUT2D eigenvalue weighted by Crippen LogP contribution is 2.15. The summed E-state index contributed by atoms with van der Waals surface area (Å²) in [6, 6.07) is 14.7. The predicted molar refractivity (Wildman–Crippen MR) is 92.0 cm³/mol. The Bertz CT molecular complexity index is 643. The molecule has 0 aliphatic rings. The first-order valence-electron chi connectivity index (χ1n) is 7.94. The van der Waals surface area contributed by atoms with Crippen LogP contribution in [0, 0.1) is 13.8 Å². The Hall–Kier alpha value is -2.09. The molecule has 0 saturated heterocycles. The summed E-state index contributed by atoms with van der Waals surface area (Å²) in [5.74, 6) is 0.0685. The lowest BCUT2D eigenvalue weighted by molar-refractivity contribution is -0.121. The maximum Gasteiger partial charge on any atom is 0.224 e. The highest BCUT2D eigenvalue weighted by atomic mass is 16.1. The molecule has 2 heteroatoms. The van der Waals surface area contributed by atoms with Crippen LogP contribution in [0.15, 0.2) is 42.5 Å². The zero-order valence-electron chi connectivity index (χ0n) is 13.9. The second kappa shape index (κ2) is 7.26. The minimum absolute atomic E-state index is 0.0316. The minimum Gasteiger partial charge on any atom is -0.349 e. The van der Waals surface area contributed by atoms with Crippen LogP contribution in [0.4, 0.5) is 0 Å². The molecule has 2 aromatic rings. The summed E-state index contributed by atoms with van der Waals surface area (Å²) in [6.07, 6.45) is 1.47. The van der Waals surface area contributed by atoms with Gasteiger partial charge in [0.1, 0.15) is 0 Å². The Morgan fingerprint density at radius 3 is 2.36 bits per heavy atom. The molecule has 116 valence electrons. The molecule has 0 fully saturated rings. The van der Waals surface area contributed by atoms with E-state index in [4.69, 9.17) is 0 Å². The van der Waals surface area contributed by atoms with Gasteiger partial charge in [-0.15, -0.1) is 0 Å². The normalized spacial score (nSPS) is 12.0. The number of nitrogens with one attached hydrogen (secondary N) is 1. The summed E-state index contributed by atoms with van der Waals surface area (Å²) < 4.78 is 0. The number of hydrogen-bond acceptors (Lipinski definition) is 1. The minimum atomic E-state index is 0.0316. The monoisotopic (exact) mass is 295 g/mol. The van der Waals surface area contributed by atoms with Gasteiger partial charge in [0.2, 0.25) is 5.91 Å². The van der Waals surface area contributed by atoms with Crippen LogP contribution in [0.1, 0.15) is 47.7 Å². The second-order valence-electron chi connectivity index (χ2n) is 5.99. The summed E-state index contributed by atoms with van der Waals surface area (Å²) in [6.45, 7) is 8.30. The third-order valence-corrected chi connectivity index (χ3v) is 4.11. The van der Waals surface area contributed by atoms with Crippen LogP contribution in [-0.4, -0.2) is 5.91 Å². The van der Waals surface area contributed by atoms with Crippen molar-refractivity contribution in [1.29, 1.82) is 0 Å². The first kappa shape index (κ1) is 16.3. The molecule has 2 aromatic carbocycles. The Kier molecular flexibility index (Phi) is 5.37. The summed E-state index contributed by atoms with van der Waals surface area (Å²) in [5, 5.41) is 3.09. The first-order valence-corrected chi connectivity index (χ1v) is 7.94. The van der Waals surface area contributed by atoms with Crippen LogP contribution in [0.5, 0.6) is 0 Å². The first-order chi connectivity index (χ1) is 10.5. The molecule has 0 unspecified atom stereocenters. The predicted octanol–water partition coefficient (Wildman–Crippen LogP) is 4.29. The molecule has 22 heavy (non-hydrogen) atoms. The summed E-state index contributed by atoms with van der Waals surface area (Å²) >= 11 is 0. The van der Waals surface area contributed by atoms with Gasteiger partial charge in [0.25, 0.3) is 0 Å². The average molecular weight is 295 g/mol. The van der Waals surface area contributed by atoms with Gasteiger partial charge in [0, 0.05) is 0 Å². The van der Waals surface area contributed by atoms with E-state index in [9.17, 15) is 4.79 Å². The number of benzene rings is 2. The molecule has 0 aromatic heterocycles. The SMILES string of the molecule is CCc1ccc([C@H](C)NC(=O)Cc2ccc(C)cc2C)cc1. The van der Waals surface area contributed by atoms with Gasteiger partial charge >= 0.3 is 0 Å². The lowest BCUT2D eigenvalue weighted by Gasteiger charge is -2.15. The average Bonchev–Trinajstić information content (AvgIpc) is 2.50. The molecule has 0 aliphatic heterocycles. The van der Waals surface area contributed by atoms with Gasteiger partial charge in [-0.25, -0.2) is 0 Å². The van der Waals surface area contributed by atoms with Crippen molar-refractivity contribution in [3.05, 3.63) is 70.3 Å². The van der Waals surface area contributed by atoms with E-state index < -0.39 is 0 Å². The maximum absolute atomic E-state index is 12.2. The van der Waals surface area contributed by atoms with Gasteiger partial charge in [-0.2, -0.15) is 0 Å². The lowest BCUT2D eigenvalue weighted by Crippen LogP contribution is -2.28. The lowest BCUT2D eigenvalue weighted by atomic mass is 10.0. The number of aryl methyl sites for hydroxylation is 3. The van der Waals surface area contributed by atoms with Crippen LogP contribution in [-0.2, 0) is 17.6 Å². The van der Waals surface area contributed by atoms with Crippen molar-refractivity contribution in [2.24, 2.45) is 0 Å². The number of carbonyl (C=O) groups is 1. The molecule has 2 nitrogen and oxygen atoms in total. The number of carbonyl (C=O) groups excluding carboxylic acids is 1. The van der Waals surface area contributed by atoms with Crippen LogP contribution in [0.2, 0.25) is 0 Å². The van der Waals surface area contributed by atoms with Gasteiger partial charge in [0.05, 0.1) is 12.5 Å². The topological polar surface area (TPSA) is 29.1 Å². The molecule has 0 bridgehead atoms. The van der Waals surface area contributed by atoms with E-state index in [0.717, 1.165) is 17.5 Å². The molecule has 2 rings (SSSR count). The summed E-state index contributed by atoms with van der Waals surface area (Å²) in [5.41, 5.74) is 5.96. The van der Waals surface area contributed by atoms with Gasteiger partial charge in [0.15, 0.2) is 0 Å². The second-order valence-corrected chi connectivity index (χ2v) is 5.99. The van der Waals surface area contributed by atoms with Gasteiger partial charge in [-0.1, -0.05) is 55.0 Å². The number of amides is 1. The molecule has 1 amide bonds. The van der Waals surface area contributed by atoms with Gasteiger partial charge in [-0.05, 0) is 49.4 Å². The standard InChI is InChI=1S/C20H25NO/c1-5-17-7-10-18(11-8-17)16(4)21-20(22)13-19-9-6-14(2)12-15(19)3/h6-12,16H,5,13H2,1-4H3,(H,21,22)/t16-/m0/s1. The van der Waals surface area contributed by atoms with Crippen LogP contribution < -0.4 is 5.32 Å². The van der Waals surface area contributed by atoms with Crippen molar-refractivity contribution in [3.8, 4) is 0 Å². The Morgan fingerprint density at radius 1 is 1.09 bits per heavy atom. The fourth-order valence-corrected chi connectivity index (χ4v) is 2.63. The fraction of sp³-hybridized carbons (Fsp3) is 0.350. The number of rotatable bonds is 5. The number of hydrogen-bond donors (Lipinski definition) is 1. The van der Waals surface area contributed by atoms with Crippen molar-refractivity contribution < 1.29 is 4.79 Å². The van der Waals surface area contributed by atoms with E-state index >= 15 is 0 Å². The van der Waals surface area contributed by atoms with Crippen molar-refractivity contribution in [2.45, 2.75) is 46.6 Å². The van der Waals surface area contributed by atoms with Crippen LogP contribution >= 0.6 is 0 Å². The van der Waals surface area contributed by atoms with Crippen LogP contribution in [0.25, 0.3) is 0 Å². The van der Waals surface area contributed by atoms with E-state index in [-0.39, 0.29) is 11.9 Å². The molecule has 0 heterocycles. The van der Waals surface area contributed by atoms with Crippen molar-refractivity contribution >= 4 is 5.91 Å². The molecule has 0 aliphatic carbocycles. The van der Waals surface area contributed by atoms with Crippen molar-refractivity contribution in [2.75, 3.05) is 0 Å². The Balaban J connectivity index is 1.98. The molecule has 0 spiro atoms. The van der Waals surface area contributed by atoms with Crippen molar-refractivity contribution in [3.63, 3.8) is 0 Å². The molecular formula is C20H25NO. The smallest absolute Gasteiger partial charge is 0.224 e. The molecule has 1 atom stereocenters. The molecule has 0 radical (unpaired) electrons. The third kappa shape index (κ3) is 4.20. The van der Waals surface area contributed by atoms with Gasteiger partial charge in [-0.3, -0.25) is 4.79 Å². The zero-order valence-corrected chi connectivity index (χ0v) is 13.9. The van der Waals surface area contributed by atoms with Crippen LogP contribution in [0.3, 0.4) is 0 Å². The molecule has 1 N–H and O–H groups in total. The highest BCUT2D eigenvalue weighted by Gasteiger charge is 2.11. The van der Waals surface area contributed by atoms with Crippen molar-refractivity contribution in [1.82, 2.24) is 5.32 Å². The van der Waals surface area contributed by atoms with E-state index in [1.807, 2.05) is 13.0 Å². The third-order valence-electron chi connectivity index (χ3n) is 4.11. The quantitative estimate of drug-likeness (QED) is 0.876. The fourth-order valence-electron chi connectivity index (χ4n) is 2.63. The van der Waals surface area contributed by atoms with E-state index in [1.54, 1.807) is 0 Å². The zero-order chi connectivity index (χ0) is 16.1.